The van der Waals surface area contributed by atoms with Crippen molar-refractivity contribution in [3.05, 3.63) is 36.5 Å². The summed E-state index contributed by atoms with van der Waals surface area (Å²) in [5.41, 5.74) is 0. The summed E-state index contributed by atoms with van der Waals surface area (Å²) in [4.78, 5) is 24.5. The average Bonchev–Trinajstić information content (AvgIpc) is 3.34. The molecule has 0 amide bonds. The third-order valence-corrected chi connectivity index (χ3v) is 13.9. The summed E-state index contributed by atoms with van der Waals surface area (Å²) >= 11 is 0. The van der Waals surface area contributed by atoms with Gasteiger partial charge < -0.3 is 14.6 Å². The van der Waals surface area contributed by atoms with Crippen molar-refractivity contribution in [2.75, 3.05) is 13.2 Å². The largest absolute Gasteiger partial charge is 0.462 e. The number of aliphatic hydroxyl groups excluding tert-OH is 1. The minimum atomic E-state index is -0.773. The zero-order valence-corrected chi connectivity index (χ0v) is 45.9. The molecule has 0 aliphatic heterocycles. The van der Waals surface area contributed by atoms with E-state index in [9.17, 15) is 14.7 Å². The first-order chi connectivity index (χ1) is 33.6. The van der Waals surface area contributed by atoms with Gasteiger partial charge in [0, 0.05) is 12.8 Å². The fraction of sp³-hybridized carbons (Fsp3) is 0.873. The Labute approximate surface area is 425 Å². The van der Waals surface area contributed by atoms with Crippen molar-refractivity contribution in [1.29, 1.82) is 0 Å². The molecule has 0 saturated carbocycles. The maximum absolute atomic E-state index is 12.3. The Morgan fingerprint density at radius 1 is 0.338 bits per heavy atom. The van der Waals surface area contributed by atoms with Gasteiger partial charge in [-0.25, -0.2) is 0 Å². The number of hydrogen-bond acceptors (Lipinski definition) is 5. The predicted molar refractivity (Wildman–Crippen MR) is 298 cm³/mol. The number of esters is 2. The Balaban J connectivity index is 3.41. The molecule has 0 aliphatic rings. The molecule has 1 unspecified atom stereocenters. The van der Waals surface area contributed by atoms with Gasteiger partial charge in [-0.15, -0.1) is 0 Å². The Bertz CT molecular complexity index is 1080. The van der Waals surface area contributed by atoms with Crippen molar-refractivity contribution in [1.82, 2.24) is 0 Å². The molecule has 0 bridgehead atoms. The van der Waals surface area contributed by atoms with Crippen LogP contribution in [0.25, 0.3) is 0 Å². The predicted octanol–water partition coefficient (Wildman–Crippen LogP) is 20.6. The SMILES string of the molecule is CCCCCCC/C=C\C/C=C\CCCCCCCCCCCC(=O)OC(CO)COC(=O)CCCCCCCCCCCCCCCCCCCCCCC/C=C\CCCCCCCCCC. The number of rotatable bonds is 57. The van der Waals surface area contributed by atoms with Gasteiger partial charge in [-0.3, -0.25) is 9.59 Å². The molecule has 0 fully saturated rings. The van der Waals surface area contributed by atoms with Crippen LogP contribution in [-0.4, -0.2) is 36.4 Å². The first kappa shape index (κ1) is 66.1. The Morgan fingerprint density at radius 3 is 0.882 bits per heavy atom. The highest BCUT2D eigenvalue weighted by atomic mass is 16.6. The fourth-order valence-electron chi connectivity index (χ4n) is 9.29. The molecule has 5 heteroatoms. The number of allylic oxidation sites excluding steroid dienone is 6. The quantitative estimate of drug-likeness (QED) is 0.0374. The summed E-state index contributed by atoms with van der Waals surface area (Å²) in [5, 5.41) is 9.66. The number of ether oxygens (including phenoxy) is 2. The van der Waals surface area contributed by atoms with Gasteiger partial charge in [0.2, 0.25) is 0 Å². The average molecular weight is 956 g/mol. The monoisotopic (exact) mass is 955 g/mol. The number of unbranched alkanes of at least 4 members (excludes halogenated alkanes) is 43. The maximum atomic E-state index is 12.3. The normalized spacial score (nSPS) is 12.3. The van der Waals surface area contributed by atoms with E-state index < -0.39 is 6.10 Å². The molecule has 1 N–H and O–H groups in total. The van der Waals surface area contributed by atoms with Crippen LogP contribution >= 0.6 is 0 Å². The second kappa shape index (κ2) is 59.4. The molecular weight excluding hydrogens is 837 g/mol. The van der Waals surface area contributed by atoms with E-state index in [1.54, 1.807) is 0 Å². The number of hydrogen-bond donors (Lipinski definition) is 1. The van der Waals surface area contributed by atoms with E-state index in [1.807, 2.05) is 0 Å². The summed E-state index contributed by atoms with van der Waals surface area (Å²) in [6.07, 6.45) is 77.1. The highest BCUT2D eigenvalue weighted by Crippen LogP contribution is 2.17. The van der Waals surface area contributed by atoms with Gasteiger partial charge in [-0.05, 0) is 70.6 Å². The molecule has 5 nitrogen and oxygen atoms in total. The van der Waals surface area contributed by atoms with Crippen LogP contribution in [0.3, 0.4) is 0 Å². The number of carbonyl (C=O) groups is 2. The Hall–Kier alpha value is -1.88. The summed E-state index contributed by atoms with van der Waals surface area (Å²) in [5.74, 6) is -0.578. The molecule has 0 saturated heterocycles. The van der Waals surface area contributed by atoms with Crippen LogP contribution in [0.15, 0.2) is 36.5 Å². The molecule has 0 aromatic heterocycles. The van der Waals surface area contributed by atoms with Crippen LogP contribution in [-0.2, 0) is 19.1 Å². The highest BCUT2D eigenvalue weighted by molar-refractivity contribution is 5.70. The van der Waals surface area contributed by atoms with Gasteiger partial charge in [0.1, 0.15) is 6.61 Å². The van der Waals surface area contributed by atoms with E-state index >= 15 is 0 Å². The third kappa shape index (κ3) is 56.7. The molecule has 0 heterocycles. The topological polar surface area (TPSA) is 72.8 Å². The van der Waals surface area contributed by atoms with E-state index in [0.717, 1.165) is 44.9 Å². The van der Waals surface area contributed by atoms with Crippen LogP contribution in [0.5, 0.6) is 0 Å². The maximum Gasteiger partial charge on any atom is 0.306 e. The molecule has 0 aromatic rings. The lowest BCUT2D eigenvalue weighted by molar-refractivity contribution is -0.161. The van der Waals surface area contributed by atoms with Crippen molar-refractivity contribution in [2.45, 2.75) is 341 Å². The van der Waals surface area contributed by atoms with Gasteiger partial charge in [-0.2, -0.15) is 0 Å². The van der Waals surface area contributed by atoms with Gasteiger partial charge in [0.25, 0.3) is 0 Å². The Morgan fingerprint density at radius 2 is 0.588 bits per heavy atom. The van der Waals surface area contributed by atoms with Crippen LogP contribution in [0, 0.1) is 0 Å². The van der Waals surface area contributed by atoms with Crippen molar-refractivity contribution < 1.29 is 24.2 Å². The van der Waals surface area contributed by atoms with Crippen LogP contribution in [0.1, 0.15) is 335 Å². The molecule has 0 rings (SSSR count). The molecule has 0 radical (unpaired) electrons. The van der Waals surface area contributed by atoms with Gasteiger partial charge in [-0.1, -0.05) is 288 Å². The first-order valence-corrected chi connectivity index (χ1v) is 30.5. The zero-order valence-electron chi connectivity index (χ0n) is 45.9. The van der Waals surface area contributed by atoms with Crippen molar-refractivity contribution >= 4 is 11.9 Å². The van der Waals surface area contributed by atoms with Crippen LogP contribution in [0.4, 0.5) is 0 Å². The van der Waals surface area contributed by atoms with E-state index in [1.165, 1.54) is 263 Å². The lowest BCUT2D eigenvalue weighted by atomic mass is 10.0. The summed E-state index contributed by atoms with van der Waals surface area (Å²) in [7, 11) is 0. The van der Waals surface area contributed by atoms with E-state index in [2.05, 4.69) is 50.3 Å². The highest BCUT2D eigenvalue weighted by Gasteiger charge is 2.16. The lowest BCUT2D eigenvalue weighted by Gasteiger charge is -2.15. The van der Waals surface area contributed by atoms with E-state index in [4.69, 9.17) is 9.47 Å². The Kier molecular flexibility index (Phi) is 57.8. The van der Waals surface area contributed by atoms with Crippen molar-refractivity contribution in [2.24, 2.45) is 0 Å². The minimum Gasteiger partial charge on any atom is -0.462 e. The zero-order chi connectivity index (χ0) is 49.2. The second-order valence-corrected chi connectivity index (χ2v) is 20.8. The van der Waals surface area contributed by atoms with Gasteiger partial charge in [0.05, 0.1) is 6.61 Å². The van der Waals surface area contributed by atoms with Crippen molar-refractivity contribution in [3.63, 3.8) is 0 Å². The van der Waals surface area contributed by atoms with Gasteiger partial charge in [0.15, 0.2) is 6.10 Å². The van der Waals surface area contributed by atoms with E-state index in [-0.39, 0.29) is 25.2 Å². The molecule has 0 aromatic carbocycles. The fourth-order valence-corrected chi connectivity index (χ4v) is 9.29. The number of aliphatic hydroxyl groups is 1. The molecule has 68 heavy (non-hydrogen) atoms. The van der Waals surface area contributed by atoms with E-state index in [0.29, 0.717) is 12.8 Å². The van der Waals surface area contributed by atoms with Crippen LogP contribution < -0.4 is 0 Å². The third-order valence-electron chi connectivity index (χ3n) is 13.9. The summed E-state index contributed by atoms with van der Waals surface area (Å²) in [6.45, 7) is 4.17. The van der Waals surface area contributed by atoms with Crippen molar-refractivity contribution in [3.8, 4) is 0 Å². The smallest absolute Gasteiger partial charge is 0.306 e. The molecule has 0 spiro atoms. The molecular formula is C63H118O5. The first-order valence-electron chi connectivity index (χ1n) is 30.5. The summed E-state index contributed by atoms with van der Waals surface area (Å²) in [6, 6.07) is 0. The lowest BCUT2D eigenvalue weighted by Crippen LogP contribution is -2.28. The molecule has 1 atom stereocenters. The van der Waals surface area contributed by atoms with Gasteiger partial charge >= 0.3 is 11.9 Å². The standard InChI is InChI=1S/C63H118O5/c1-3-5-7-9-11-13-15-17-19-21-23-25-26-27-28-29-30-31-32-33-34-35-36-38-39-41-43-45-47-49-51-53-55-57-62(65)67-60-61(59-64)68-63(66)58-56-54-52-50-48-46-44-42-40-37-24-22-20-18-16-14-12-10-8-6-4-2/h16,18,21-24,61,64H,3-15,17,19-20,25-60H2,1-2H3/b18-16-,23-21-,24-22-. The number of carbonyl (C=O) groups excluding carboxylic acids is 2. The second-order valence-electron chi connectivity index (χ2n) is 20.8. The molecule has 0 aliphatic carbocycles. The molecule has 400 valence electrons. The minimum absolute atomic E-state index is 0.0632. The van der Waals surface area contributed by atoms with Crippen LogP contribution in [0.2, 0.25) is 0 Å². The summed E-state index contributed by atoms with van der Waals surface area (Å²) < 4.78 is 10.7.